The zero-order valence-electron chi connectivity index (χ0n) is 14.2. The number of nitrogens with one attached hydrogen (secondary N) is 1. The number of amides is 1. The van der Waals surface area contributed by atoms with E-state index in [1.165, 1.54) is 6.92 Å². The van der Waals surface area contributed by atoms with Crippen LogP contribution in [0, 0.1) is 0 Å². The van der Waals surface area contributed by atoms with E-state index in [1.807, 2.05) is 12.1 Å². The van der Waals surface area contributed by atoms with Crippen molar-refractivity contribution in [1.82, 2.24) is 0 Å². The summed E-state index contributed by atoms with van der Waals surface area (Å²) in [6.45, 7) is 5.64. The van der Waals surface area contributed by atoms with Crippen LogP contribution >= 0.6 is 23.2 Å². The van der Waals surface area contributed by atoms with Gasteiger partial charge in [0.15, 0.2) is 6.10 Å². The van der Waals surface area contributed by atoms with Crippen molar-refractivity contribution in [2.45, 2.75) is 32.8 Å². The molecule has 132 valence electrons. The first-order valence-corrected chi connectivity index (χ1v) is 8.59. The fraction of sp³-hybridized carbons (Fsp3) is 0.263. The lowest BCUT2D eigenvalue weighted by Gasteiger charge is -2.14. The zero-order chi connectivity index (χ0) is 18.6. The number of anilines is 1. The van der Waals surface area contributed by atoms with Crippen molar-refractivity contribution < 1.29 is 14.3 Å². The normalized spacial score (nSPS) is 11.9. The molecule has 0 aliphatic carbocycles. The van der Waals surface area contributed by atoms with Crippen LogP contribution in [0.4, 0.5) is 5.69 Å². The highest BCUT2D eigenvalue weighted by Gasteiger charge is 2.19. The van der Waals surface area contributed by atoms with E-state index < -0.39 is 18.0 Å². The number of carbonyl (C=O) groups excluding carboxylic acids is 2. The van der Waals surface area contributed by atoms with Gasteiger partial charge in [-0.2, -0.15) is 0 Å². The lowest BCUT2D eigenvalue weighted by molar-refractivity contribution is -0.123. The van der Waals surface area contributed by atoms with E-state index in [9.17, 15) is 9.59 Å². The molecular formula is C19H19Cl2NO3. The van der Waals surface area contributed by atoms with Gasteiger partial charge in [0.1, 0.15) is 0 Å². The Labute approximate surface area is 157 Å². The molecule has 2 aromatic carbocycles. The molecule has 4 nitrogen and oxygen atoms in total. The Balaban J connectivity index is 1.99. The molecule has 0 heterocycles. The minimum absolute atomic E-state index is 0.374. The molecule has 2 rings (SSSR count). The van der Waals surface area contributed by atoms with E-state index in [-0.39, 0.29) is 0 Å². The number of halogens is 2. The van der Waals surface area contributed by atoms with Gasteiger partial charge in [-0.15, -0.1) is 0 Å². The van der Waals surface area contributed by atoms with E-state index in [1.54, 1.807) is 30.3 Å². The molecule has 6 heteroatoms. The van der Waals surface area contributed by atoms with E-state index in [0.29, 0.717) is 27.2 Å². The van der Waals surface area contributed by atoms with Gasteiger partial charge in [0.2, 0.25) is 0 Å². The molecule has 0 radical (unpaired) electrons. The van der Waals surface area contributed by atoms with Gasteiger partial charge >= 0.3 is 5.97 Å². The molecule has 0 aliphatic heterocycles. The molecule has 0 spiro atoms. The summed E-state index contributed by atoms with van der Waals surface area (Å²) in [5.41, 5.74) is 1.96. The van der Waals surface area contributed by atoms with Gasteiger partial charge in [0.25, 0.3) is 5.91 Å². The second-order valence-electron chi connectivity index (χ2n) is 5.97. The van der Waals surface area contributed by atoms with E-state index in [0.717, 1.165) is 5.56 Å². The van der Waals surface area contributed by atoms with Crippen LogP contribution in [0.15, 0.2) is 42.5 Å². The van der Waals surface area contributed by atoms with Gasteiger partial charge in [0.05, 0.1) is 5.56 Å². The molecular weight excluding hydrogens is 361 g/mol. The smallest absolute Gasteiger partial charge is 0.338 e. The Bertz CT molecular complexity index is 752. The first-order chi connectivity index (χ1) is 11.8. The average Bonchev–Trinajstić information content (AvgIpc) is 2.53. The summed E-state index contributed by atoms with van der Waals surface area (Å²) in [5, 5.41) is 3.42. The largest absolute Gasteiger partial charge is 0.449 e. The number of hydrogen-bond acceptors (Lipinski definition) is 3. The predicted molar refractivity (Wildman–Crippen MR) is 101 cm³/mol. The average molecular weight is 380 g/mol. The molecule has 1 amide bonds. The molecule has 0 aromatic heterocycles. The topological polar surface area (TPSA) is 55.4 Å². The third-order valence-electron chi connectivity index (χ3n) is 3.60. The van der Waals surface area contributed by atoms with Crippen molar-refractivity contribution in [2.75, 3.05) is 5.32 Å². The maximum absolute atomic E-state index is 12.2. The highest BCUT2D eigenvalue weighted by atomic mass is 35.5. The minimum atomic E-state index is -0.963. The Morgan fingerprint density at radius 1 is 0.960 bits per heavy atom. The maximum Gasteiger partial charge on any atom is 0.338 e. The summed E-state index contributed by atoms with van der Waals surface area (Å²) in [4.78, 5) is 24.3. The van der Waals surface area contributed by atoms with E-state index in [4.69, 9.17) is 27.9 Å². The summed E-state index contributed by atoms with van der Waals surface area (Å²) in [5.74, 6) is -0.646. The monoisotopic (exact) mass is 379 g/mol. The third kappa shape index (κ3) is 5.48. The van der Waals surface area contributed by atoms with Crippen LogP contribution in [0.3, 0.4) is 0 Å². The van der Waals surface area contributed by atoms with Crippen LogP contribution in [0.25, 0.3) is 0 Å². The van der Waals surface area contributed by atoms with Gasteiger partial charge < -0.3 is 10.1 Å². The standard InChI is InChI=1S/C19H19Cl2NO3/c1-11(2)13-4-6-14(7-5-13)19(24)25-12(3)18(23)22-17-9-15(20)8-16(21)10-17/h4-12H,1-3H3,(H,22,23)/t12-/m1/s1. The van der Waals surface area contributed by atoms with Crippen LogP contribution in [-0.2, 0) is 9.53 Å². The molecule has 1 atom stereocenters. The number of carbonyl (C=O) groups is 2. The highest BCUT2D eigenvalue weighted by molar-refractivity contribution is 6.35. The van der Waals surface area contributed by atoms with Crippen molar-refractivity contribution in [2.24, 2.45) is 0 Å². The Kier molecular flexibility index (Phi) is 6.45. The molecule has 0 aliphatic rings. The molecule has 2 aromatic rings. The molecule has 0 unspecified atom stereocenters. The second-order valence-corrected chi connectivity index (χ2v) is 6.84. The second kappa shape index (κ2) is 8.37. The van der Waals surface area contributed by atoms with E-state index >= 15 is 0 Å². The number of ether oxygens (including phenoxy) is 1. The first kappa shape index (κ1) is 19.3. The molecule has 0 saturated carbocycles. The molecule has 1 N–H and O–H groups in total. The fourth-order valence-electron chi connectivity index (χ4n) is 2.16. The Morgan fingerprint density at radius 3 is 2.04 bits per heavy atom. The van der Waals surface area contributed by atoms with Crippen molar-refractivity contribution >= 4 is 40.8 Å². The van der Waals surface area contributed by atoms with Crippen molar-refractivity contribution in [1.29, 1.82) is 0 Å². The van der Waals surface area contributed by atoms with Crippen LogP contribution in [-0.4, -0.2) is 18.0 Å². The van der Waals surface area contributed by atoms with Gasteiger partial charge in [0, 0.05) is 15.7 Å². The summed E-state index contributed by atoms with van der Waals surface area (Å²) in [6, 6.07) is 11.8. The Morgan fingerprint density at radius 2 is 1.52 bits per heavy atom. The quantitative estimate of drug-likeness (QED) is 0.716. The van der Waals surface area contributed by atoms with Gasteiger partial charge in [-0.1, -0.05) is 49.2 Å². The zero-order valence-corrected chi connectivity index (χ0v) is 15.7. The van der Waals surface area contributed by atoms with Crippen molar-refractivity contribution in [3.8, 4) is 0 Å². The number of rotatable bonds is 5. The van der Waals surface area contributed by atoms with Crippen LogP contribution < -0.4 is 5.32 Å². The number of benzene rings is 2. The molecule has 0 bridgehead atoms. The minimum Gasteiger partial charge on any atom is -0.449 e. The predicted octanol–water partition coefficient (Wildman–Crippen LogP) is 5.30. The lowest BCUT2D eigenvalue weighted by Crippen LogP contribution is -2.30. The van der Waals surface area contributed by atoms with E-state index in [2.05, 4.69) is 19.2 Å². The van der Waals surface area contributed by atoms with Crippen molar-refractivity contribution in [3.63, 3.8) is 0 Å². The molecule has 0 fully saturated rings. The summed E-state index contributed by atoms with van der Waals surface area (Å²) >= 11 is 11.8. The SMILES string of the molecule is CC(C)c1ccc(C(=O)O[C@H](C)C(=O)Nc2cc(Cl)cc(Cl)c2)cc1. The number of hydrogen-bond donors (Lipinski definition) is 1. The summed E-state index contributed by atoms with van der Waals surface area (Å²) in [7, 11) is 0. The fourth-order valence-corrected chi connectivity index (χ4v) is 2.68. The van der Waals surface area contributed by atoms with Crippen LogP contribution in [0.1, 0.15) is 42.6 Å². The summed E-state index contributed by atoms with van der Waals surface area (Å²) < 4.78 is 5.21. The highest BCUT2D eigenvalue weighted by Crippen LogP contribution is 2.22. The lowest BCUT2D eigenvalue weighted by atomic mass is 10.0. The van der Waals surface area contributed by atoms with Crippen LogP contribution in [0.2, 0.25) is 10.0 Å². The van der Waals surface area contributed by atoms with Gasteiger partial charge in [-0.05, 0) is 48.7 Å². The first-order valence-electron chi connectivity index (χ1n) is 7.84. The summed E-state index contributed by atoms with van der Waals surface area (Å²) in [6.07, 6.45) is -0.963. The molecule has 0 saturated heterocycles. The number of esters is 1. The van der Waals surface area contributed by atoms with Crippen LogP contribution in [0.5, 0.6) is 0 Å². The van der Waals surface area contributed by atoms with Crippen molar-refractivity contribution in [3.05, 3.63) is 63.6 Å². The van der Waals surface area contributed by atoms with Gasteiger partial charge in [-0.25, -0.2) is 4.79 Å². The Hall–Kier alpha value is -2.04. The maximum atomic E-state index is 12.2. The third-order valence-corrected chi connectivity index (χ3v) is 4.03. The van der Waals surface area contributed by atoms with Gasteiger partial charge in [-0.3, -0.25) is 4.79 Å². The molecule has 25 heavy (non-hydrogen) atoms.